The number of ether oxygens (including phenoxy) is 1. The lowest BCUT2D eigenvalue weighted by Crippen LogP contribution is -2.15. The largest absolute Gasteiger partial charge is 0.469 e. The first-order valence-electron chi connectivity index (χ1n) is 6.89. The van der Waals surface area contributed by atoms with E-state index in [0.717, 1.165) is 11.3 Å². The highest BCUT2D eigenvalue weighted by molar-refractivity contribution is 7.12. The van der Waals surface area contributed by atoms with Gasteiger partial charge >= 0.3 is 5.97 Å². The molecule has 22 heavy (non-hydrogen) atoms. The van der Waals surface area contributed by atoms with Gasteiger partial charge in [0, 0.05) is 5.69 Å². The van der Waals surface area contributed by atoms with E-state index < -0.39 is 0 Å². The number of hydrogen-bond donors (Lipinski definition) is 1. The summed E-state index contributed by atoms with van der Waals surface area (Å²) in [6.45, 7) is 3.64. The van der Waals surface area contributed by atoms with Crippen molar-refractivity contribution in [1.29, 1.82) is 0 Å². The summed E-state index contributed by atoms with van der Waals surface area (Å²) < 4.78 is 4.71. The fourth-order valence-corrected chi connectivity index (χ4v) is 2.77. The van der Waals surface area contributed by atoms with Crippen LogP contribution >= 0.6 is 11.3 Å². The topological polar surface area (TPSA) is 68.3 Å². The Kier molecular flexibility index (Phi) is 5.27. The number of aromatic nitrogens is 1. The molecule has 0 unspecified atom stereocenters. The zero-order valence-corrected chi connectivity index (χ0v) is 13.6. The maximum atomic E-state index is 12.1. The number of rotatable bonds is 5. The first-order valence-corrected chi connectivity index (χ1v) is 7.77. The van der Waals surface area contributed by atoms with Gasteiger partial charge in [0.2, 0.25) is 0 Å². The van der Waals surface area contributed by atoms with Gasteiger partial charge < -0.3 is 10.1 Å². The van der Waals surface area contributed by atoms with Crippen molar-refractivity contribution in [3.05, 3.63) is 45.9 Å². The summed E-state index contributed by atoms with van der Waals surface area (Å²) in [6, 6.07) is 7.45. The number of carbonyl (C=O) groups is 2. The van der Waals surface area contributed by atoms with Crippen molar-refractivity contribution in [2.45, 2.75) is 20.3 Å². The van der Waals surface area contributed by atoms with Crippen LogP contribution < -0.4 is 5.32 Å². The van der Waals surface area contributed by atoms with Gasteiger partial charge in [-0.1, -0.05) is 19.1 Å². The summed E-state index contributed by atoms with van der Waals surface area (Å²) in [5.41, 5.74) is 4.12. The van der Waals surface area contributed by atoms with Crippen LogP contribution in [0.15, 0.2) is 29.8 Å². The molecular formula is C16H18N2O3S. The molecule has 0 saturated carbocycles. The maximum Gasteiger partial charge on any atom is 0.308 e. The summed E-state index contributed by atoms with van der Waals surface area (Å²) >= 11 is 1.32. The fraction of sp³-hybridized carbons (Fsp3) is 0.312. The molecule has 1 atom stereocenters. The normalized spacial score (nSPS) is 11.8. The quantitative estimate of drug-likeness (QED) is 0.860. The predicted molar refractivity (Wildman–Crippen MR) is 86.1 cm³/mol. The number of nitrogens with one attached hydrogen (secondary N) is 1. The van der Waals surface area contributed by atoms with Crippen LogP contribution in [0, 0.1) is 12.8 Å². The van der Waals surface area contributed by atoms with Gasteiger partial charge in [-0.15, -0.1) is 11.3 Å². The second-order valence-corrected chi connectivity index (χ2v) is 5.90. The van der Waals surface area contributed by atoms with E-state index in [0.29, 0.717) is 17.0 Å². The molecular weight excluding hydrogens is 300 g/mol. The van der Waals surface area contributed by atoms with Crippen LogP contribution in [0.25, 0.3) is 0 Å². The number of esters is 1. The summed E-state index contributed by atoms with van der Waals surface area (Å²) in [7, 11) is 1.39. The van der Waals surface area contributed by atoms with E-state index in [-0.39, 0.29) is 17.8 Å². The van der Waals surface area contributed by atoms with Crippen LogP contribution in [0.1, 0.15) is 27.9 Å². The lowest BCUT2D eigenvalue weighted by atomic mass is 10.0. The molecule has 0 bridgehead atoms. The average Bonchev–Trinajstić information content (AvgIpc) is 2.94. The van der Waals surface area contributed by atoms with Gasteiger partial charge in [-0.3, -0.25) is 9.59 Å². The minimum absolute atomic E-state index is 0.157. The fourth-order valence-electron chi connectivity index (χ4n) is 2.07. The first-order chi connectivity index (χ1) is 10.5. The third-order valence-corrected chi connectivity index (χ3v) is 4.24. The minimum atomic E-state index is -0.224. The molecule has 0 saturated heterocycles. The number of nitrogens with zero attached hydrogens (tertiary/aromatic N) is 1. The Morgan fingerprint density at radius 2 is 2.00 bits per heavy atom. The van der Waals surface area contributed by atoms with Crippen molar-refractivity contribution >= 4 is 28.9 Å². The summed E-state index contributed by atoms with van der Waals surface area (Å²) in [5, 5.41) is 2.84. The maximum absolute atomic E-state index is 12.1. The Bertz CT molecular complexity index is 664. The van der Waals surface area contributed by atoms with E-state index in [9.17, 15) is 9.59 Å². The average molecular weight is 318 g/mol. The number of amides is 1. The second kappa shape index (κ2) is 7.17. The Labute approximate surface area is 133 Å². The SMILES string of the molecule is COC(=O)[C@H](C)Cc1ccc(NC(=O)c2scnc2C)cc1. The predicted octanol–water partition coefficient (Wildman–Crippen LogP) is 3.06. The third-order valence-electron chi connectivity index (χ3n) is 3.31. The van der Waals surface area contributed by atoms with Gasteiger partial charge in [0.25, 0.3) is 5.91 Å². The van der Waals surface area contributed by atoms with Crippen molar-refractivity contribution in [2.24, 2.45) is 5.92 Å². The van der Waals surface area contributed by atoms with Crippen molar-refractivity contribution in [3.8, 4) is 0 Å². The molecule has 0 fully saturated rings. The lowest BCUT2D eigenvalue weighted by molar-refractivity contribution is -0.144. The number of hydrogen-bond acceptors (Lipinski definition) is 5. The molecule has 5 nitrogen and oxygen atoms in total. The van der Waals surface area contributed by atoms with Gasteiger partial charge in [0.15, 0.2) is 0 Å². The van der Waals surface area contributed by atoms with Crippen LogP contribution in [0.4, 0.5) is 5.69 Å². The highest BCUT2D eigenvalue weighted by atomic mass is 32.1. The highest BCUT2D eigenvalue weighted by Crippen LogP contribution is 2.17. The Morgan fingerprint density at radius 1 is 1.32 bits per heavy atom. The smallest absolute Gasteiger partial charge is 0.308 e. The molecule has 0 aliphatic rings. The van der Waals surface area contributed by atoms with E-state index in [2.05, 4.69) is 10.3 Å². The molecule has 0 aliphatic heterocycles. The zero-order chi connectivity index (χ0) is 16.1. The van der Waals surface area contributed by atoms with E-state index in [4.69, 9.17) is 4.74 Å². The molecule has 1 amide bonds. The van der Waals surface area contributed by atoms with Crippen LogP contribution in [0.3, 0.4) is 0 Å². The molecule has 2 aromatic rings. The molecule has 1 aromatic carbocycles. The summed E-state index contributed by atoms with van der Waals surface area (Å²) in [5.74, 6) is -0.570. The van der Waals surface area contributed by atoms with Crippen LogP contribution in [0.5, 0.6) is 0 Å². The number of thiazole rings is 1. The van der Waals surface area contributed by atoms with Crippen LogP contribution in [-0.4, -0.2) is 24.0 Å². The standard InChI is InChI=1S/C16H18N2O3S/c1-10(16(20)21-3)8-12-4-6-13(7-5-12)18-15(19)14-11(2)17-9-22-14/h4-7,9-10H,8H2,1-3H3,(H,18,19)/t10-/m1/s1. The van der Waals surface area contributed by atoms with Gasteiger partial charge in [0.1, 0.15) is 4.88 Å². The summed E-state index contributed by atoms with van der Waals surface area (Å²) in [6.07, 6.45) is 0.606. The highest BCUT2D eigenvalue weighted by Gasteiger charge is 2.14. The molecule has 1 aromatic heterocycles. The van der Waals surface area contributed by atoms with Crippen LogP contribution in [-0.2, 0) is 16.0 Å². The van der Waals surface area contributed by atoms with Crippen LogP contribution in [0.2, 0.25) is 0 Å². The molecule has 0 spiro atoms. The molecule has 1 N–H and O–H groups in total. The van der Waals surface area contributed by atoms with Gasteiger partial charge in [0.05, 0.1) is 24.2 Å². The van der Waals surface area contributed by atoms with Gasteiger partial charge in [-0.25, -0.2) is 4.98 Å². The monoisotopic (exact) mass is 318 g/mol. The van der Waals surface area contributed by atoms with Crippen molar-refractivity contribution in [3.63, 3.8) is 0 Å². The lowest BCUT2D eigenvalue weighted by Gasteiger charge is -2.10. The third kappa shape index (κ3) is 3.92. The first kappa shape index (κ1) is 16.2. The molecule has 2 rings (SSSR count). The van der Waals surface area contributed by atoms with Gasteiger partial charge in [-0.05, 0) is 31.0 Å². The molecule has 116 valence electrons. The molecule has 0 radical (unpaired) electrons. The number of carbonyl (C=O) groups excluding carboxylic acids is 2. The number of benzene rings is 1. The Balaban J connectivity index is 1.99. The van der Waals surface area contributed by atoms with E-state index in [1.165, 1.54) is 18.4 Å². The van der Waals surface area contributed by atoms with E-state index >= 15 is 0 Å². The van der Waals surface area contributed by atoms with E-state index in [1.807, 2.05) is 38.1 Å². The Hall–Kier alpha value is -2.21. The van der Waals surface area contributed by atoms with Crippen molar-refractivity contribution < 1.29 is 14.3 Å². The minimum Gasteiger partial charge on any atom is -0.469 e. The zero-order valence-electron chi connectivity index (χ0n) is 12.8. The second-order valence-electron chi connectivity index (χ2n) is 5.05. The molecule has 1 heterocycles. The van der Waals surface area contributed by atoms with Crippen molar-refractivity contribution in [2.75, 3.05) is 12.4 Å². The number of anilines is 1. The Morgan fingerprint density at radius 3 is 2.55 bits per heavy atom. The molecule has 6 heteroatoms. The number of methoxy groups -OCH3 is 1. The van der Waals surface area contributed by atoms with Gasteiger partial charge in [-0.2, -0.15) is 0 Å². The number of aryl methyl sites for hydroxylation is 1. The van der Waals surface area contributed by atoms with E-state index in [1.54, 1.807) is 5.51 Å². The van der Waals surface area contributed by atoms with Crippen molar-refractivity contribution in [1.82, 2.24) is 4.98 Å². The summed E-state index contributed by atoms with van der Waals surface area (Å²) in [4.78, 5) is 28.2. The molecule has 0 aliphatic carbocycles.